The summed E-state index contributed by atoms with van der Waals surface area (Å²) in [6.45, 7) is 16.1. The summed E-state index contributed by atoms with van der Waals surface area (Å²) in [6, 6.07) is 19.7. The standard InChI is InChI=1S/C24H28Si/c1-5-13-21-15-9-11-17-23(21)25(19-7-3,20-8-4)24-18-12-10-16-22(24)14-6-2/h5-12,15-18H,1-4,13-14,19-20H2. The average Bonchev–Trinajstić information content (AvgIpc) is 2.63. The highest BCUT2D eigenvalue weighted by atomic mass is 28.3. The summed E-state index contributed by atoms with van der Waals surface area (Å²) in [5.41, 5.74) is 2.75. The zero-order valence-electron chi connectivity index (χ0n) is 15.1. The molecule has 0 fully saturated rings. The van der Waals surface area contributed by atoms with E-state index in [2.05, 4.69) is 87.0 Å². The van der Waals surface area contributed by atoms with Gasteiger partial charge in [-0.1, -0.05) is 83.2 Å². The summed E-state index contributed by atoms with van der Waals surface area (Å²) in [5, 5.41) is 2.96. The van der Waals surface area contributed by atoms with Gasteiger partial charge in [0.2, 0.25) is 0 Å². The molecule has 128 valence electrons. The Labute approximate surface area is 153 Å². The van der Waals surface area contributed by atoms with Gasteiger partial charge in [-0.05, 0) is 36.1 Å². The maximum Gasteiger partial charge on any atom is 0.126 e. The SMILES string of the molecule is C=CCc1ccccc1[Si](CC=C)(CC=C)c1ccccc1CC=C. The van der Waals surface area contributed by atoms with Crippen LogP contribution in [0.1, 0.15) is 11.1 Å². The van der Waals surface area contributed by atoms with E-state index in [9.17, 15) is 0 Å². The lowest BCUT2D eigenvalue weighted by Gasteiger charge is -2.34. The molecular formula is C24H28Si. The second kappa shape index (κ2) is 9.19. The molecule has 0 nitrogen and oxygen atoms in total. The zero-order valence-corrected chi connectivity index (χ0v) is 16.1. The van der Waals surface area contributed by atoms with Crippen LogP contribution in [-0.4, -0.2) is 8.07 Å². The van der Waals surface area contributed by atoms with Crippen LogP contribution >= 0.6 is 0 Å². The molecule has 0 heterocycles. The van der Waals surface area contributed by atoms with Gasteiger partial charge in [0.15, 0.2) is 0 Å². The van der Waals surface area contributed by atoms with Crippen LogP contribution in [0.5, 0.6) is 0 Å². The minimum absolute atomic E-state index is 0.892. The van der Waals surface area contributed by atoms with Crippen LogP contribution < -0.4 is 10.4 Å². The lowest BCUT2D eigenvalue weighted by molar-refractivity contribution is 1.27. The number of hydrogen-bond donors (Lipinski definition) is 0. The van der Waals surface area contributed by atoms with Crippen LogP contribution in [0.15, 0.2) is 99.2 Å². The molecule has 2 aromatic rings. The molecule has 2 aromatic carbocycles. The smallest absolute Gasteiger partial charge is 0.103 e. The molecule has 0 aromatic heterocycles. The first-order valence-electron chi connectivity index (χ1n) is 8.83. The highest BCUT2D eigenvalue weighted by molar-refractivity contribution is 7.03. The van der Waals surface area contributed by atoms with Gasteiger partial charge in [0.05, 0.1) is 0 Å². The molecule has 0 atom stereocenters. The van der Waals surface area contributed by atoms with Crippen molar-refractivity contribution in [1.82, 2.24) is 0 Å². The molecule has 0 amide bonds. The molecule has 0 saturated carbocycles. The van der Waals surface area contributed by atoms with Crippen molar-refractivity contribution in [2.45, 2.75) is 24.9 Å². The van der Waals surface area contributed by atoms with E-state index < -0.39 is 8.07 Å². The van der Waals surface area contributed by atoms with Gasteiger partial charge in [-0.15, -0.1) is 26.3 Å². The van der Waals surface area contributed by atoms with Gasteiger partial charge >= 0.3 is 0 Å². The second-order valence-corrected chi connectivity index (χ2v) is 10.4. The van der Waals surface area contributed by atoms with Gasteiger partial charge in [-0.2, -0.15) is 0 Å². The molecule has 0 bridgehead atoms. The fourth-order valence-electron chi connectivity index (χ4n) is 3.80. The molecule has 0 radical (unpaired) electrons. The van der Waals surface area contributed by atoms with Crippen LogP contribution in [0.3, 0.4) is 0 Å². The molecule has 0 unspecified atom stereocenters. The third-order valence-corrected chi connectivity index (χ3v) is 9.79. The Bertz CT molecular complexity index is 689. The number of rotatable bonds is 10. The lowest BCUT2D eigenvalue weighted by atomic mass is 10.1. The van der Waals surface area contributed by atoms with Gasteiger partial charge < -0.3 is 0 Å². The molecule has 0 aliphatic heterocycles. The zero-order chi connectivity index (χ0) is 18.1. The molecule has 1 heteroatoms. The van der Waals surface area contributed by atoms with Gasteiger partial charge in [0.1, 0.15) is 8.07 Å². The minimum Gasteiger partial charge on any atom is -0.103 e. The lowest BCUT2D eigenvalue weighted by Crippen LogP contribution is -2.59. The maximum atomic E-state index is 4.09. The first kappa shape index (κ1) is 18.9. The first-order valence-corrected chi connectivity index (χ1v) is 11.2. The van der Waals surface area contributed by atoms with Crippen molar-refractivity contribution in [2.75, 3.05) is 0 Å². The van der Waals surface area contributed by atoms with E-state index in [-0.39, 0.29) is 0 Å². The van der Waals surface area contributed by atoms with Crippen molar-refractivity contribution in [1.29, 1.82) is 0 Å². The number of benzene rings is 2. The maximum absolute atomic E-state index is 4.09. The largest absolute Gasteiger partial charge is 0.126 e. The quantitative estimate of drug-likeness (QED) is 0.416. The first-order chi connectivity index (χ1) is 12.2. The fourth-order valence-corrected chi connectivity index (χ4v) is 8.56. The van der Waals surface area contributed by atoms with E-state index in [4.69, 9.17) is 0 Å². The number of allylic oxidation sites excluding steroid dienone is 4. The molecule has 0 saturated heterocycles. The minimum atomic E-state index is -2.04. The Morgan fingerprint density at radius 2 is 1.00 bits per heavy atom. The van der Waals surface area contributed by atoms with Gasteiger partial charge in [-0.3, -0.25) is 0 Å². The Balaban J connectivity index is 2.79. The van der Waals surface area contributed by atoms with Crippen molar-refractivity contribution >= 4 is 18.4 Å². The summed E-state index contributed by atoms with van der Waals surface area (Å²) in [5.74, 6) is 0. The van der Waals surface area contributed by atoms with Gasteiger partial charge in [0.25, 0.3) is 0 Å². The summed E-state index contributed by atoms with van der Waals surface area (Å²) in [4.78, 5) is 0. The van der Waals surface area contributed by atoms with E-state index in [0.29, 0.717) is 0 Å². The van der Waals surface area contributed by atoms with Crippen molar-refractivity contribution < 1.29 is 0 Å². The normalized spacial score (nSPS) is 10.9. The summed E-state index contributed by atoms with van der Waals surface area (Å²) in [6.07, 6.45) is 9.95. The van der Waals surface area contributed by atoms with Crippen molar-refractivity contribution in [2.24, 2.45) is 0 Å². The molecule has 0 aliphatic rings. The van der Waals surface area contributed by atoms with Gasteiger partial charge in [0, 0.05) is 0 Å². The summed E-state index contributed by atoms with van der Waals surface area (Å²) < 4.78 is 0. The van der Waals surface area contributed by atoms with Crippen molar-refractivity contribution in [3.8, 4) is 0 Å². The summed E-state index contributed by atoms with van der Waals surface area (Å²) >= 11 is 0. The predicted octanol–water partition coefficient (Wildman–Crippen LogP) is 5.08. The molecule has 2 rings (SSSR count). The van der Waals surface area contributed by atoms with E-state index in [0.717, 1.165) is 24.9 Å². The van der Waals surface area contributed by atoms with Crippen LogP contribution in [0.2, 0.25) is 12.1 Å². The Morgan fingerprint density at radius 3 is 1.36 bits per heavy atom. The highest BCUT2D eigenvalue weighted by Crippen LogP contribution is 2.22. The number of hydrogen-bond acceptors (Lipinski definition) is 0. The van der Waals surface area contributed by atoms with Crippen LogP contribution in [-0.2, 0) is 12.8 Å². The third kappa shape index (κ3) is 4.00. The van der Waals surface area contributed by atoms with Crippen LogP contribution in [0.4, 0.5) is 0 Å². The van der Waals surface area contributed by atoms with E-state index in [1.165, 1.54) is 21.5 Å². The van der Waals surface area contributed by atoms with Crippen LogP contribution in [0.25, 0.3) is 0 Å². The third-order valence-electron chi connectivity index (χ3n) is 4.78. The fraction of sp³-hybridized carbons (Fsp3) is 0.167. The topological polar surface area (TPSA) is 0 Å². The molecule has 0 aliphatic carbocycles. The molecule has 25 heavy (non-hydrogen) atoms. The highest BCUT2D eigenvalue weighted by Gasteiger charge is 2.37. The van der Waals surface area contributed by atoms with Crippen molar-refractivity contribution in [3.63, 3.8) is 0 Å². The Kier molecular flexibility index (Phi) is 6.97. The Morgan fingerprint density at radius 1 is 0.600 bits per heavy atom. The van der Waals surface area contributed by atoms with E-state index >= 15 is 0 Å². The van der Waals surface area contributed by atoms with Gasteiger partial charge in [-0.25, -0.2) is 0 Å². The second-order valence-electron chi connectivity index (χ2n) is 6.37. The molecule has 0 N–H and O–H groups in total. The average molecular weight is 345 g/mol. The van der Waals surface area contributed by atoms with E-state index in [1.54, 1.807) is 0 Å². The molecular weight excluding hydrogens is 316 g/mol. The predicted molar refractivity (Wildman–Crippen MR) is 116 cm³/mol. The van der Waals surface area contributed by atoms with Crippen LogP contribution in [0, 0.1) is 0 Å². The van der Waals surface area contributed by atoms with Crippen molar-refractivity contribution in [3.05, 3.63) is 110 Å². The monoisotopic (exact) mass is 344 g/mol. The van der Waals surface area contributed by atoms with E-state index in [1.807, 2.05) is 12.2 Å². The Hall–Kier alpha value is -2.38. The molecule has 0 spiro atoms. The summed E-state index contributed by atoms with van der Waals surface area (Å²) in [7, 11) is -2.04.